The fourth-order valence-electron chi connectivity index (χ4n) is 4.02. The summed E-state index contributed by atoms with van der Waals surface area (Å²) in [6.07, 6.45) is 7.86. The van der Waals surface area contributed by atoms with E-state index < -0.39 is 0 Å². The van der Waals surface area contributed by atoms with Crippen LogP contribution in [-0.2, 0) is 6.42 Å². The molecule has 0 saturated carbocycles. The lowest BCUT2D eigenvalue weighted by molar-refractivity contribution is 0.282. The van der Waals surface area contributed by atoms with Crippen LogP contribution >= 0.6 is 0 Å². The third-order valence-electron chi connectivity index (χ3n) is 5.41. The van der Waals surface area contributed by atoms with Crippen LogP contribution < -0.4 is 4.74 Å². The number of halogens is 1. The Morgan fingerprint density at radius 3 is 2.56 bits per heavy atom. The zero-order valence-corrected chi connectivity index (χ0v) is 16.1. The molecule has 0 fully saturated rings. The predicted molar refractivity (Wildman–Crippen MR) is 109 cm³/mol. The summed E-state index contributed by atoms with van der Waals surface area (Å²) in [5, 5.41) is 8.99. The average molecular weight is 368 g/mol. The Bertz CT molecular complexity index is 795. The molecule has 1 N–H and O–H groups in total. The van der Waals surface area contributed by atoms with Gasteiger partial charge in [-0.25, -0.2) is 4.39 Å². The first-order chi connectivity index (χ1) is 13.2. The van der Waals surface area contributed by atoms with Crippen molar-refractivity contribution in [2.24, 2.45) is 0 Å². The predicted octanol–water partition coefficient (Wildman–Crippen LogP) is 6.02. The van der Waals surface area contributed by atoms with E-state index in [4.69, 9.17) is 9.84 Å². The van der Waals surface area contributed by atoms with Crippen molar-refractivity contribution in [2.75, 3.05) is 13.7 Å². The van der Waals surface area contributed by atoms with E-state index >= 15 is 0 Å². The summed E-state index contributed by atoms with van der Waals surface area (Å²) in [7, 11) is 1.70. The van der Waals surface area contributed by atoms with Crippen molar-refractivity contribution >= 4 is 11.1 Å². The number of rotatable bonds is 8. The van der Waals surface area contributed by atoms with Gasteiger partial charge >= 0.3 is 0 Å². The molecule has 0 spiro atoms. The topological polar surface area (TPSA) is 29.5 Å². The number of allylic oxidation sites excluding steroid dienone is 2. The highest BCUT2D eigenvalue weighted by molar-refractivity contribution is 5.92. The molecule has 0 heterocycles. The van der Waals surface area contributed by atoms with Crippen LogP contribution in [0, 0.1) is 5.82 Å². The third kappa shape index (κ3) is 4.78. The van der Waals surface area contributed by atoms with Crippen LogP contribution in [0.1, 0.15) is 61.6 Å². The maximum absolute atomic E-state index is 14.6. The third-order valence-corrected chi connectivity index (χ3v) is 5.41. The van der Waals surface area contributed by atoms with Gasteiger partial charge in [0.1, 0.15) is 11.6 Å². The summed E-state index contributed by atoms with van der Waals surface area (Å²) in [5.74, 6) is 0.743. The first-order valence-electron chi connectivity index (χ1n) is 9.99. The minimum Gasteiger partial charge on any atom is -0.497 e. The molecule has 0 radical (unpaired) electrons. The Balaban J connectivity index is 2.00. The Hall–Kier alpha value is -2.13. The van der Waals surface area contributed by atoms with Crippen LogP contribution in [0.3, 0.4) is 0 Å². The van der Waals surface area contributed by atoms with Crippen LogP contribution in [0.4, 0.5) is 4.39 Å². The molecular formula is C24H29FO2. The number of hydrogen-bond acceptors (Lipinski definition) is 2. The second-order valence-corrected chi connectivity index (χ2v) is 7.20. The van der Waals surface area contributed by atoms with E-state index in [-0.39, 0.29) is 12.4 Å². The summed E-state index contributed by atoms with van der Waals surface area (Å²) in [6, 6.07) is 13.4. The molecule has 0 aliphatic heterocycles. The van der Waals surface area contributed by atoms with Gasteiger partial charge in [-0.05, 0) is 79.0 Å². The quantitative estimate of drug-likeness (QED) is 0.577. The minimum absolute atomic E-state index is 0.137. The fourth-order valence-corrected chi connectivity index (χ4v) is 4.02. The second-order valence-electron chi connectivity index (χ2n) is 7.20. The largest absolute Gasteiger partial charge is 0.497 e. The summed E-state index contributed by atoms with van der Waals surface area (Å²) in [6.45, 7) is 0.256. The molecule has 0 bridgehead atoms. The van der Waals surface area contributed by atoms with Crippen LogP contribution in [0.25, 0.3) is 11.1 Å². The molecule has 3 rings (SSSR count). The van der Waals surface area contributed by atoms with Gasteiger partial charge in [-0.3, -0.25) is 0 Å². The van der Waals surface area contributed by atoms with Crippen molar-refractivity contribution in [2.45, 2.75) is 51.4 Å². The summed E-state index contributed by atoms with van der Waals surface area (Å²) in [5.41, 5.74) is 5.71. The van der Waals surface area contributed by atoms with Gasteiger partial charge in [0, 0.05) is 12.2 Å². The van der Waals surface area contributed by atoms with Crippen molar-refractivity contribution in [1.82, 2.24) is 0 Å². The summed E-state index contributed by atoms with van der Waals surface area (Å²) < 4.78 is 20.0. The van der Waals surface area contributed by atoms with E-state index in [1.165, 1.54) is 16.7 Å². The maximum Gasteiger partial charge on any atom is 0.130 e. The summed E-state index contributed by atoms with van der Waals surface area (Å²) in [4.78, 5) is 0. The van der Waals surface area contributed by atoms with Crippen molar-refractivity contribution in [1.29, 1.82) is 0 Å². The van der Waals surface area contributed by atoms with Crippen LogP contribution in [-0.4, -0.2) is 18.8 Å². The molecule has 2 aromatic carbocycles. The van der Waals surface area contributed by atoms with E-state index in [1.54, 1.807) is 19.2 Å². The smallest absolute Gasteiger partial charge is 0.130 e. The number of aryl methyl sites for hydroxylation is 1. The lowest BCUT2D eigenvalue weighted by atomic mass is 9.89. The fraction of sp³-hybridized carbons (Fsp3) is 0.417. The van der Waals surface area contributed by atoms with E-state index in [0.717, 1.165) is 68.3 Å². The Labute approximate surface area is 161 Å². The van der Waals surface area contributed by atoms with Gasteiger partial charge in [0.05, 0.1) is 7.11 Å². The molecule has 3 heteroatoms. The molecule has 144 valence electrons. The normalized spacial score (nSPS) is 14.0. The Morgan fingerprint density at radius 1 is 0.963 bits per heavy atom. The minimum atomic E-state index is -0.137. The maximum atomic E-state index is 14.6. The number of aliphatic hydroxyl groups excluding tert-OH is 1. The highest BCUT2D eigenvalue weighted by Gasteiger charge is 2.20. The van der Waals surface area contributed by atoms with Gasteiger partial charge in [0.15, 0.2) is 0 Å². The molecular weight excluding hydrogens is 339 g/mol. The number of aliphatic hydroxyl groups is 1. The molecule has 0 atom stereocenters. The zero-order valence-electron chi connectivity index (χ0n) is 16.1. The highest BCUT2D eigenvalue weighted by atomic mass is 19.1. The molecule has 2 nitrogen and oxygen atoms in total. The second kappa shape index (κ2) is 9.70. The lowest BCUT2D eigenvalue weighted by Gasteiger charge is -2.17. The van der Waals surface area contributed by atoms with Gasteiger partial charge < -0.3 is 9.84 Å². The number of fused-ring (bicyclic) bond motifs is 1. The SMILES string of the molecule is COc1ccc2c(c1)CCCC(c1ccccc1F)=C2CCCCCCO. The molecule has 0 aromatic heterocycles. The van der Waals surface area contributed by atoms with Crippen LogP contribution in [0.5, 0.6) is 5.75 Å². The highest BCUT2D eigenvalue weighted by Crippen LogP contribution is 2.40. The number of hydrogen-bond donors (Lipinski definition) is 1. The van der Waals surface area contributed by atoms with Crippen molar-refractivity contribution in [3.05, 3.63) is 65.0 Å². The summed E-state index contributed by atoms with van der Waals surface area (Å²) >= 11 is 0. The lowest BCUT2D eigenvalue weighted by Crippen LogP contribution is -1.97. The first-order valence-corrected chi connectivity index (χ1v) is 9.99. The van der Waals surface area contributed by atoms with Crippen LogP contribution in [0.15, 0.2) is 42.5 Å². The average Bonchev–Trinajstić information content (AvgIpc) is 2.87. The van der Waals surface area contributed by atoms with Crippen molar-refractivity contribution in [3.63, 3.8) is 0 Å². The molecule has 1 aliphatic rings. The Kier molecular flexibility index (Phi) is 7.05. The van der Waals surface area contributed by atoms with Gasteiger partial charge in [0.2, 0.25) is 0 Å². The standard InChI is InChI=1S/C24H29FO2/c1-27-19-14-15-20-18(17-19)9-8-12-22(23-11-5-6-13-24(23)25)21(20)10-4-2-3-7-16-26/h5-6,11,13-15,17,26H,2-4,7-10,12,16H2,1H3. The van der Waals surface area contributed by atoms with E-state index in [0.29, 0.717) is 0 Å². The van der Waals surface area contributed by atoms with Gasteiger partial charge in [-0.2, -0.15) is 0 Å². The Morgan fingerprint density at radius 2 is 1.78 bits per heavy atom. The zero-order chi connectivity index (χ0) is 19.1. The molecule has 27 heavy (non-hydrogen) atoms. The van der Waals surface area contributed by atoms with Crippen molar-refractivity contribution in [3.8, 4) is 5.75 Å². The van der Waals surface area contributed by atoms with Gasteiger partial charge in [-0.1, -0.05) is 37.1 Å². The molecule has 1 aliphatic carbocycles. The number of methoxy groups -OCH3 is 1. The number of ether oxygens (including phenoxy) is 1. The molecule has 0 saturated heterocycles. The van der Waals surface area contributed by atoms with E-state index in [2.05, 4.69) is 12.1 Å². The first kappa shape index (κ1) is 19.6. The van der Waals surface area contributed by atoms with Crippen LogP contribution in [0.2, 0.25) is 0 Å². The number of unbranched alkanes of at least 4 members (excludes halogenated alkanes) is 3. The molecule has 2 aromatic rings. The number of benzene rings is 2. The monoisotopic (exact) mass is 368 g/mol. The molecule has 0 unspecified atom stereocenters. The molecule has 0 amide bonds. The van der Waals surface area contributed by atoms with E-state index in [9.17, 15) is 4.39 Å². The van der Waals surface area contributed by atoms with Gasteiger partial charge in [-0.15, -0.1) is 0 Å². The van der Waals surface area contributed by atoms with Gasteiger partial charge in [0.25, 0.3) is 0 Å². The van der Waals surface area contributed by atoms with E-state index in [1.807, 2.05) is 18.2 Å². The van der Waals surface area contributed by atoms with Crippen molar-refractivity contribution < 1.29 is 14.2 Å².